The summed E-state index contributed by atoms with van der Waals surface area (Å²) in [5.74, 6) is -1.20. The Balaban J connectivity index is 1.72. The molecule has 2 aromatic rings. The van der Waals surface area contributed by atoms with Crippen molar-refractivity contribution in [3.05, 3.63) is 52.2 Å². The molecular formula is C16H14F3NO3S2. The molecule has 1 amide bonds. The van der Waals surface area contributed by atoms with Crippen LogP contribution in [-0.4, -0.2) is 30.5 Å². The summed E-state index contributed by atoms with van der Waals surface area (Å²) >= 11 is 1.32. The number of thiophene rings is 1. The first-order chi connectivity index (χ1) is 11.8. The molecule has 1 aromatic carbocycles. The number of thioether (sulfide) groups is 1. The standard InChI is InChI=1S/C16H14F3NO3S2/c17-16(18,19)25-13-5-3-11(4-6-13)15(22)23-10-14(21)20-8-7-12-2-1-9-24-12/h1-6,9H,7-8,10H2,(H,20,21). The lowest BCUT2D eigenvalue weighted by atomic mass is 10.2. The number of nitrogens with one attached hydrogen (secondary N) is 1. The second-order valence-corrected chi connectivity index (χ2v) is 7.00. The van der Waals surface area contributed by atoms with Gasteiger partial charge in [-0.2, -0.15) is 13.2 Å². The summed E-state index contributed by atoms with van der Waals surface area (Å²) in [6.45, 7) is -0.0113. The van der Waals surface area contributed by atoms with Crippen LogP contribution in [0.15, 0.2) is 46.7 Å². The highest BCUT2D eigenvalue weighted by molar-refractivity contribution is 8.00. The molecule has 4 nitrogen and oxygen atoms in total. The smallest absolute Gasteiger partial charge is 0.446 e. The van der Waals surface area contributed by atoms with Crippen molar-refractivity contribution in [1.29, 1.82) is 0 Å². The summed E-state index contributed by atoms with van der Waals surface area (Å²) < 4.78 is 41.5. The fraction of sp³-hybridized carbons (Fsp3) is 0.250. The van der Waals surface area contributed by atoms with Crippen molar-refractivity contribution in [2.45, 2.75) is 16.8 Å². The predicted octanol–water partition coefficient (Wildman–Crippen LogP) is 3.88. The fourth-order valence-electron chi connectivity index (χ4n) is 1.84. The van der Waals surface area contributed by atoms with Gasteiger partial charge in [0.25, 0.3) is 5.91 Å². The monoisotopic (exact) mass is 389 g/mol. The van der Waals surface area contributed by atoms with Crippen LogP contribution in [0.4, 0.5) is 13.2 Å². The van der Waals surface area contributed by atoms with E-state index in [1.807, 2.05) is 17.5 Å². The second kappa shape index (κ2) is 8.91. The first-order valence-corrected chi connectivity index (χ1v) is 8.85. The largest absolute Gasteiger partial charge is 0.452 e. The van der Waals surface area contributed by atoms with Crippen LogP contribution in [-0.2, 0) is 16.0 Å². The van der Waals surface area contributed by atoms with Gasteiger partial charge in [0.1, 0.15) is 0 Å². The highest BCUT2D eigenvalue weighted by Crippen LogP contribution is 2.36. The molecule has 2 rings (SSSR count). The van der Waals surface area contributed by atoms with Gasteiger partial charge in [-0.05, 0) is 53.9 Å². The molecule has 0 spiro atoms. The minimum absolute atomic E-state index is 0.0321. The van der Waals surface area contributed by atoms with Crippen molar-refractivity contribution in [3.63, 3.8) is 0 Å². The number of amides is 1. The lowest BCUT2D eigenvalue weighted by Crippen LogP contribution is -2.30. The Labute approximate surface area is 150 Å². The molecule has 0 fully saturated rings. The average Bonchev–Trinajstić information content (AvgIpc) is 3.05. The minimum Gasteiger partial charge on any atom is -0.452 e. The Hall–Kier alpha value is -2.00. The molecule has 1 aromatic heterocycles. The number of carbonyl (C=O) groups excluding carboxylic acids is 2. The molecule has 0 aliphatic rings. The van der Waals surface area contributed by atoms with Crippen molar-refractivity contribution >= 4 is 35.0 Å². The van der Waals surface area contributed by atoms with Gasteiger partial charge in [0.2, 0.25) is 0 Å². The summed E-state index contributed by atoms with van der Waals surface area (Å²) in [7, 11) is 0. The van der Waals surface area contributed by atoms with E-state index in [0.29, 0.717) is 13.0 Å². The highest BCUT2D eigenvalue weighted by Gasteiger charge is 2.29. The van der Waals surface area contributed by atoms with Crippen LogP contribution in [0.1, 0.15) is 15.2 Å². The van der Waals surface area contributed by atoms with Gasteiger partial charge in [-0.25, -0.2) is 4.79 Å². The summed E-state index contributed by atoms with van der Waals surface area (Å²) in [5, 5.41) is 4.57. The Bertz CT molecular complexity index is 700. The summed E-state index contributed by atoms with van der Waals surface area (Å²) in [6.07, 6.45) is 0.690. The lowest BCUT2D eigenvalue weighted by Gasteiger charge is -2.08. The van der Waals surface area contributed by atoms with Crippen molar-refractivity contribution in [2.24, 2.45) is 0 Å². The zero-order valence-corrected chi connectivity index (χ0v) is 14.5. The molecule has 0 atom stereocenters. The van der Waals surface area contributed by atoms with Gasteiger partial charge >= 0.3 is 11.5 Å². The zero-order valence-electron chi connectivity index (χ0n) is 12.8. The molecule has 0 saturated carbocycles. The van der Waals surface area contributed by atoms with Crippen LogP contribution >= 0.6 is 23.1 Å². The van der Waals surface area contributed by atoms with Crippen molar-refractivity contribution in [3.8, 4) is 0 Å². The Morgan fingerprint density at radius 1 is 1.16 bits per heavy atom. The van der Waals surface area contributed by atoms with Crippen LogP contribution in [0.2, 0.25) is 0 Å². The normalized spacial score (nSPS) is 11.2. The minimum atomic E-state index is -4.39. The molecule has 25 heavy (non-hydrogen) atoms. The number of alkyl halides is 3. The third-order valence-corrected chi connectivity index (χ3v) is 4.61. The van der Waals surface area contributed by atoms with E-state index in [-0.39, 0.29) is 22.2 Å². The van der Waals surface area contributed by atoms with Crippen LogP contribution in [0.3, 0.4) is 0 Å². The molecule has 0 unspecified atom stereocenters. The van der Waals surface area contributed by atoms with Gasteiger partial charge in [0.05, 0.1) is 5.56 Å². The van der Waals surface area contributed by atoms with Gasteiger partial charge < -0.3 is 10.1 Å². The van der Waals surface area contributed by atoms with E-state index in [2.05, 4.69) is 5.32 Å². The van der Waals surface area contributed by atoms with Crippen molar-refractivity contribution < 1.29 is 27.5 Å². The highest BCUT2D eigenvalue weighted by atomic mass is 32.2. The van der Waals surface area contributed by atoms with Crippen LogP contribution < -0.4 is 5.32 Å². The van der Waals surface area contributed by atoms with Gasteiger partial charge in [-0.3, -0.25) is 4.79 Å². The molecule has 0 aliphatic carbocycles. The number of carbonyl (C=O) groups is 2. The zero-order chi connectivity index (χ0) is 18.3. The van der Waals surface area contributed by atoms with Gasteiger partial charge in [0.15, 0.2) is 6.61 Å². The first kappa shape index (κ1) is 19.3. The van der Waals surface area contributed by atoms with E-state index in [4.69, 9.17) is 4.74 Å². The topological polar surface area (TPSA) is 55.4 Å². The van der Waals surface area contributed by atoms with Gasteiger partial charge in [0, 0.05) is 16.3 Å². The number of esters is 1. The van der Waals surface area contributed by atoms with Crippen LogP contribution in [0.25, 0.3) is 0 Å². The maximum Gasteiger partial charge on any atom is 0.446 e. The number of halogens is 3. The Kier molecular flexibility index (Phi) is 6.89. The molecule has 0 saturated heterocycles. The number of benzene rings is 1. The maximum atomic E-state index is 12.2. The third-order valence-electron chi connectivity index (χ3n) is 2.93. The number of rotatable bonds is 7. The SMILES string of the molecule is O=C(COC(=O)c1ccc(SC(F)(F)F)cc1)NCCc1cccs1. The maximum absolute atomic E-state index is 12.2. The van der Waals surface area contributed by atoms with E-state index in [0.717, 1.165) is 4.88 Å². The quantitative estimate of drug-likeness (QED) is 0.577. The number of hydrogen-bond donors (Lipinski definition) is 1. The molecule has 9 heteroatoms. The molecule has 0 radical (unpaired) electrons. The number of ether oxygens (including phenoxy) is 1. The van der Waals surface area contributed by atoms with E-state index in [1.165, 1.54) is 24.3 Å². The summed E-state index contributed by atoms with van der Waals surface area (Å²) in [6, 6.07) is 8.68. The first-order valence-electron chi connectivity index (χ1n) is 7.15. The third kappa shape index (κ3) is 7.18. The molecule has 134 valence electrons. The average molecular weight is 389 g/mol. The van der Waals surface area contributed by atoms with E-state index in [1.54, 1.807) is 11.3 Å². The van der Waals surface area contributed by atoms with Crippen LogP contribution in [0, 0.1) is 0 Å². The second-order valence-electron chi connectivity index (χ2n) is 4.83. The summed E-state index contributed by atoms with van der Waals surface area (Å²) in [4.78, 5) is 24.5. The molecule has 1 heterocycles. The van der Waals surface area contributed by atoms with E-state index < -0.39 is 24.0 Å². The Morgan fingerprint density at radius 3 is 2.48 bits per heavy atom. The van der Waals surface area contributed by atoms with E-state index in [9.17, 15) is 22.8 Å². The number of hydrogen-bond acceptors (Lipinski definition) is 5. The van der Waals surface area contributed by atoms with E-state index >= 15 is 0 Å². The van der Waals surface area contributed by atoms with Crippen molar-refractivity contribution in [1.82, 2.24) is 5.32 Å². The molecular weight excluding hydrogens is 375 g/mol. The van der Waals surface area contributed by atoms with Gasteiger partial charge in [-0.15, -0.1) is 11.3 Å². The molecule has 0 bridgehead atoms. The predicted molar refractivity (Wildman–Crippen MR) is 89.7 cm³/mol. The fourth-order valence-corrected chi connectivity index (χ4v) is 3.09. The van der Waals surface area contributed by atoms with Gasteiger partial charge in [-0.1, -0.05) is 6.07 Å². The van der Waals surface area contributed by atoms with Crippen molar-refractivity contribution in [2.75, 3.05) is 13.2 Å². The summed E-state index contributed by atoms with van der Waals surface area (Å²) in [5.41, 5.74) is -4.30. The lowest BCUT2D eigenvalue weighted by molar-refractivity contribution is -0.124. The van der Waals surface area contributed by atoms with Crippen LogP contribution in [0.5, 0.6) is 0 Å². The molecule has 1 N–H and O–H groups in total. The Morgan fingerprint density at radius 2 is 1.88 bits per heavy atom. The molecule has 0 aliphatic heterocycles.